The lowest BCUT2D eigenvalue weighted by molar-refractivity contribution is -0.0445. The zero-order chi connectivity index (χ0) is 10.9. The SMILES string of the molecule is CCC(C)C(C)(C)C(C)(F)C(C)C. The van der Waals surface area contributed by atoms with Gasteiger partial charge in [0.15, 0.2) is 0 Å². The molecule has 0 aliphatic carbocycles. The highest BCUT2D eigenvalue weighted by Gasteiger charge is 2.46. The van der Waals surface area contributed by atoms with Gasteiger partial charge in [-0.15, -0.1) is 0 Å². The van der Waals surface area contributed by atoms with Crippen LogP contribution in [0.5, 0.6) is 0 Å². The molecule has 0 bridgehead atoms. The lowest BCUT2D eigenvalue weighted by Crippen LogP contribution is -2.46. The van der Waals surface area contributed by atoms with E-state index >= 15 is 0 Å². The molecule has 0 fully saturated rings. The lowest BCUT2D eigenvalue weighted by atomic mass is 9.64. The van der Waals surface area contributed by atoms with Crippen molar-refractivity contribution >= 4 is 0 Å². The Labute approximate surface area is 82.9 Å². The summed E-state index contributed by atoms with van der Waals surface area (Å²) >= 11 is 0. The van der Waals surface area contributed by atoms with Crippen LogP contribution in [0.2, 0.25) is 0 Å². The Hall–Kier alpha value is -0.0700. The van der Waals surface area contributed by atoms with Gasteiger partial charge >= 0.3 is 0 Å². The third kappa shape index (κ3) is 2.24. The predicted molar refractivity (Wildman–Crippen MR) is 57.6 cm³/mol. The summed E-state index contributed by atoms with van der Waals surface area (Å²) in [5, 5.41) is 0. The largest absolute Gasteiger partial charge is 0.243 e. The van der Waals surface area contributed by atoms with Crippen LogP contribution in [-0.4, -0.2) is 5.67 Å². The van der Waals surface area contributed by atoms with Gasteiger partial charge in [0.2, 0.25) is 0 Å². The second kappa shape index (κ2) is 3.98. The number of hydrogen-bond acceptors (Lipinski definition) is 0. The first-order valence-electron chi connectivity index (χ1n) is 5.36. The van der Waals surface area contributed by atoms with Gasteiger partial charge in [-0.2, -0.15) is 0 Å². The van der Waals surface area contributed by atoms with E-state index in [0.29, 0.717) is 5.92 Å². The molecular weight excluding hydrogens is 163 g/mol. The van der Waals surface area contributed by atoms with E-state index in [0.717, 1.165) is 6.42 Å². The van der Waals surface area contributed by atoms with E-state index in [-0.39, 0.29) is 11.3 Å². The molecule has 0 saturated heterocycles. The van der Waals surface area contributed by atoms with Gasteiger partial charge < -0.3 is 0 Å². The highest BCUT2D eigenvalue weighted by molar-refractivity contribution is 4.95. The molecule has 2 unspecified atom stereocenters. The van der Waals surface area contributed by atoms with Crippen molar-refractivity contribution in [2.45, 2.75) is 60.6 Å². The third-order valence-corrected chi connectivity index (χ3v) is 4.19. The molecule has 0 radical (unpaired) electrons. The number of rotatable bonds is 4. The fourth-order valence-corrected chi connectivity index (χ4v) is 1.74. The molecule has 0 aromatic heterocycles. The van der Waals surface area contributed by atoms with Crippen LogP contribution in [0, 0.1) is 17.3 Å². The van der Waals surface area contributed by atoms with Crippen molar-refractivity contribution in [3.63, 3.8) is 0 Å². The molecule has 0 aliphatic heterocycles. The minimum atomic E-state index is -1.08. The van der Waals surface area contributed by atoms with Crippen LogP contribution in [0.1, 0.15) is 54.9 Å². The quantitative estimate of drug-likeness (QED) is 0.611. The molecule has 0 heterocycles. The average molecular weight is 188 g/mol. The van der Waals surface area contributed by atoms with Gasteiger partial charge in [-0.3, -0.25) is 0 Å². The molecule has 13 heavy (non-hydrogen) atoms. The van der Waals surface area contributed by atoms with Crippen LogP contribution in [0.4, 0.5) is 4.39 Å². The van der Waals surface area contributed by atoms with Gasteiger partial charge in [-0.05, 0) is 18.8 Å². The zero-order valence-electron chi connectivity index (χ0n) is 10.2. The maximum atomic E-state index is 14.4. The van der Waals surface area contributed by atoms with E-state index in [9.17, 15) is 4.39 Å². The van der Waals surface area contributed by atoms with E-state index in [1.54, 1.807) is 6.92 Å². The molecule has 0 rings (SSSR count). The molecule has 0 aromatic rings. The first-order chi connectivity index (χ1) is 5.67. The minimum absolute atomic E-state index is 0.0801. The topological polar surface area (TPSA) is 0 Å². The van der Waals surface area contributed by atoms with Gasteiger partial charge in [0.1, 0.15) is 5.67 Å². The summed E-state index contributed by atoms with van der Waals surface area (Å²) in [4.78, 5) is 0. The van der Waals surface area contributed by atoms with Crippen LogP contribution in [0.3, 0.4) is 0 Å². The van der Waals surface area contributed by atoms with E-state index in [1.807, 2.05) is 27.7 Å². The summed E-state index contributed by atoms with van der Waals surface area (Å²) in [5.74, 6) is 0.501. The Morgan fingerprint density at radius 3 is 1.69 bits per heavy atom. The second-order valence-electron chi connectivity index (χ2n) is 5.26. The highest BCUT2D eigenvalue weighted by atomic mass is 19.1. The van der Waals surface area contributed by atoms with Crippen molar-refractivity contribution in [3.05, 3.63) is 0 Å². The lowest BCUT2D eigenvalue weighted by Gasteiger charge is -2.44. The van der Waals surface area contributed by atoms with E-state index in [2.05, 4.69) is 13.8 Å². The van der Waals surface area contributed by atoms with Gasteiger partial charge in [-0.25, -0.2) is 4.39 Å². The maximum absolute atomic E-state index is 14.4. The molecule has 80 valence electrons. The summed E-state index contributed by atoms with van der Waals surface area (Å²) < 4.78 is 14.4. The summed E-state index contributed by atoms with van der Waals surface area (Å²) in [5.41, 5.74) is -1.32. The number of alkyl halides is 1. The highest BCUT2D eigenvalue weighted by Crippen LogP contribution is 2.46. The molecule has 0 spiro atoms. The molecule has 0 aromatic carbocycles. The summed E-state index contributed by atoms with van der Waals surface area (Å²) in [6, 6.07) is 0. The Morgan fingerprint density at radius 1 is 1.08 bits per heavy atom. The zero-order valence-corrected chi connectivity index (χ0v) is 10.2. The molecule has 1 heteroatoms. The molecule has 0 nitrogen and oxygen atoms in total. The number of hydrogen-bond donors (Lipinski definition) is 0. The van der Waals surface area contributed by atoms with Gasteiger partial charge in [0.25, 0.3) is 0 Å². The molecule has 0 aliphatic rings. The standard InChI is InChI=1S/C12H25F/c1-8-10(4)11(5,6)12(7,13)9(2)3/h9-10H,8H2,1-7H3. The molecule has 0 saturated carbocycles. The Morgan fingerprint density at radius 2 is 1.46 bits per heavy atom. The Bertz CT molecular complexity index is 157. The fraction of sp³-hybridized carbons (Fsp3) is 1.00. The predicted octanol–water partition coefficient (Wildman–Crippen LogP) is 4.44. The van der Waals surface area contributed by atoms with Gasteiger partial charge in [0, 0.05) is 5.41 Å². The van der Waals surface area contributed by atoms with E-state index < -0.39 is 5.67 Å². The minimum Gasteiger partial charge on any atom is -0.243 e. The first kappa shape index (κ1) is 12.9. The summed E-state index contributed by atoms with van der Waals surface area (Å²) in [7, 11) is 0. The third-order valence-electron chi connectivity index (χ3n) is 4.19. The van der Waals surface area contributed by atoms with Gasteiger partial charge in [0.05, 0.1) is 0 Å². The van der Waals surface area contributed by atoms with Crippen molar-refractivity contribution < 1.29 is 4.39 Å². The van der Waals surface area contributed by atoms with Crippen molar-refractivity contribution in [1.82, 2.24) is 0 Å². The van der Waals surface area contributed by atoms with Crippen molar-refractivity contribution in [3.8, 4) is 0 Å². The Kier molecular flexibility index (Phi) is 3.96. The first-order valence-corrected chi connectivity index (χ1v) is 5.36. The van der Waals surface area contributed by atoms with Crippen LogP contribution < -0.4 is 0 Å². The van der Waals surface area contributed by atoms with Crippen LogP contribution >= 0.6 is 0 Å². The van der Waals surface area contributed by atoms with Gasteiger partial charge in [-0.1, -0.05) is 48.0 Å². The maximum Gasteiger partial charge on any atom is 0.115 e. The van der Waals surface area contributed by atoms with E-state index in [1.165, 1.54) is 0 Å². The smallest absolute Gasteiger partial charge is 0.115 e. The van der Waals surface area contributed by atoms with Crippen LogP contribution in [-0.2, 0) is 0 Å². The monoisotopic (exact) mass is 188 g/mol. The molecule has 0 N–H and O–H groups in total. The number of halogens is 1. The van der Waals surface area contributed by atoms with E-state index in [4.69, 9.17) is 0 Å². The second-order valence-corrected chi connectivity index (χ2v) is 5.26. The van der Waals surface area contributed by atoms with Crippen molar-refractivity contribution in [2.75, 3.05) is 0 Å². The molecular formula is C12H25F. The Balaban J connectivity index is 4.80. The normalized spacial score (nSPS) is 20.1. The van der Waals surface area contributed by atoms with Crippen LogP contribution in [0.15, 0.2) is 0 Å². The molecule has 2 atom stereocenters. The summed E-state index contributed by atoms with van der Waals surface area (Å²) in [6.45, 7) is 14.0. The average Bonchev–Trinajstić information content (AvgIpc) is 2.02. The van der Waals surface area contributed by atoms with Crippen molar-refractivity contribution in [1.29, 1.82) is 0 Å². The molecule has 0 amide bonds. The summed E-state index contributed by atoms with van der Waals surface area (Å²) in [6.07, 6.45) is 1.04. The fourth-order valence-electron chi connectivity index (χ4n) is 1.74. The van der Waals surface area contributed by atoms with Crippen molar-refractivity contribution in [2.24, 2.45) is 17.3 Å². The van der Waals surface area contributed by atoms with Crippen LogP contribution in [0.25, 0.3) is 0 Å².